The number of rotatable bonds is 8. The molecule has 1 atom stereocenters. The molecule has 2 rings (SSSR count). The molecule has 1 aliphatic carbocycles. The first-order valence-corrected chi connectivity index (χ1v) is 7.89. The fourth-order valence-electron chi connectivity index (χ4n) is 1.91. The maximum absolute atomic E-state index is 12.0. The normalized spacial score (nSPS) is 17.8. The molecule has 0 aromatic carbocycles. The van der Waals surface area contributed by atoms with Crippen LogP contribution in [0.5, 0.6) is 0 Å². The second kappa shape index (κ2) is 6.53. The van der Waals surface area contributed by atoms with E-state index in [9.17, 15) is 4.79 Å². The van der Waals surface area contributed by atoms with Gasteiger partial charge in [0.05, 0.1) is 11.8 Å². The number of aromatic nitrogens is 4. The number of hydrogen-bond acceptors (Lipinski definition) is 6. The van der Waals surface area contributed by atoms with Gasteiger partial charge in [0.25, 0.3) is 0 Å². The Labute approximate surface area is 122 Å². The smallest absolute Gasteiger partial charge is 0.230 e. The van der Waals surface area contributed by atoms with Gasteiger partial charge in [0, 0.05) is 12.1 Å². The molecule has 0 spiro atoms. The van der Waals surface area contributed by atoms with E-state index in [0.29, 0.717) is 17.6 Å². The molecule has 1 amide bonds. The third-order valence-corrected chi connectivity index (χ3v) is 4.51. The van der Waals surface area contributed by atoms with Gasteiger partial charge in [-0.1, -0.05) is 18.7 Å². The summed E-state index contributed by atoms with van der Waals surface area (Å²) in [6.45, 7) is 4.01. The van der Waals surface area contributed by atoms with Gasteiger partial charge in [-0.05, 0) is 43.0 Å². The molecule has 2 N–H and O–H groups in total. The number of aliphatic hydroxyl groups is 1. The van der Waals surface area contributed by atoms with E-state index in [1.54, 1.807) is 4.68 Å². The Morgan fingerprint density at radius 3 is 2.95 bits per heavy atom. The van der Waals surface area contributed by atoms with Crippen LogP contribution in [0.4, 0.5) is 0 Å². The van der Waals surface area contributed by atoms with Crippen molar-refractivity contribution in [3.8, 4) is 0 Å². The van der Waals surface area contributed by atoms with Gasteiger partial charge in [-0.3, -0.25) is 4.79 Å². The van der Waals surface area contributed by atoms with Crippen molar-refractivity contribution in [3.05, 3.63) is 0 Å². The highest BCUT2D eigenvalue weighted by Crippen LogP contribution is 2.36. The van der Waals surface area contributed by atoms with Gasteiger partial charge >= 0.3 is 0 Å². The molecule has 0 saturated heterocycles. The molecule has 0 aliphatic heterocycles. The third-order valence-electron chi connectivity index (χ3n) is 3.57. The molecule has 1 unspecified atom stereocenters. The molecular weight excluding hydrogens is 278 g/mol. The van der Waals surface area contributed by atoms with Crippen LogP contribution in [0.2, 0.25) is 0 Å². The molecule has 1 aromatic heterocycles. The SMILES string of the molecule is CCC(C)(CCO)NC(=O)CSc1nnnn1C1CC1. The van der Waals surface area contributed by atoms with Crippen molar-refractivity contribution in [2.45, 2.75) is 56.3 Å². The van der Waals surface area contributed by atoms with Crippen molar-refractivity contribution in [1.29, 1.82) is 0 Å². The lowest BCUT2D eigenvalue weighted by atomic mass is 9.95. The Bertz CT molecular complexity index is 462. The van der Waals surface area contributed by atoms with Crippen molar-refractivity contribution < 1.29 is 9.90 Å². The second-order valence-electron chi connectivity index (χ2n) is 5.36. The standard InChI is InChI=1S/C12H21N5O2S/c1-3-12(2,6-7-18)13-10(19)8-20-11-14-15-16-17(11)9-4-5-9/h9,18H,3-8H2,1-2H3,(H,13,19). The molecule has 1 aliphatic rings. The Balaban J connectivity index is 1.84. The van der Waals surface area contributed by atoms with Gasteiger partial charge in [0.1, 0.15) is 0 Å². The van der Waals surface area contributed by atoms with Crippen LogP contribution < -0.4 is 5.32 Å². The van der Waals surface area contributed by atoms with Crippen LogP contribution in [0.3, 0.4) is 0 Å². The summed E-state index contributed by atoms with van der Waals surface area (Å²) in [5, 5.41) is 24.3. The zero-order valence-corrected chi connectivity index (χ0v) is 12.7. The molecule has 1 fully saturated rings. The van der Waals surface area contributed by atoms with Crippen molar-refractivity contribution in [1.82, 2.24) is 25.5 Å². The summed E-state index contributed by atoms with van der Waals surface area (Å²) in [4.78, 5) is 12.0. The number of aliphatic hydroxyl groups excluding tert-OH is 1. The van der Waals surface area contributed by atoms with Crippen LogP contribution in [-0.2, 0) is 4.79 Å². The average molecular weight is 299 g/mol. The lowest BCUT2D eigenvalue weighted by Crippen LogP contribution is -2.46. The Hall–Kier alpha value is -1.15. The van der Waals surface area contributed by atoms with Gasteiger partial charge in [-0.2, -0.15) is 0 Å². The predicted molar refractivity (Wildman–Crippen MR) is 75.4 cm³/mol. The average Bonchev–Trinajstić information content (AvgIpc) is 3.15. The van der Waals surface area contributed by atoms with E-state index in [1.165, 1.54) is 11.8 Å². The molecule has 112 valence electrons. The van der Waals surface area contributed by atoms with Gasteiger partial charge in [-0.25, -0.2) is 4.68 Å². The van der Waals surface area contributed by atoms with E-state index in [-0.39, 0.29) is 23.8 Å². The fraction of sp³-hybridized carbons (Fsp3) is 0.833. The summed E-state index contributed by atoms with van der Waals surface area (Å²) >= 11 is 1.35. The number of thioether (sulfide) groups is 1. The minimum atomic E-state index is -0.352. The van der Waals surface area contributed by atoms with Crippen molar-refractivity contribution in [2.24, 2.45) is 0 Å². The predicted octanol–water partition coefficient (Wildman–Crippen LogP) is 0.767. The Morgan fingerprint density at radius 1 is 1.60 bits per heavy atom. The largest absolute Gasteiger partial charge is 0.396 e. The van der Waals surface area contributed by atoms with Crippen LogP contribution in [0.15, 0.2) is 5.16 Å². The molecule has 7 nitrogen and oxygen atoms in total. The summed E-state index contributed by atoms with van der Waals surface area (Å²) in [6, 6.07) is 0.408. The summed E-state index contributed by atoms with van der Waals surface area (Å²) in [5.41, 5.74) is -0.352. The first kappa shape index (κ1) is 15.2. The van der Waals surface area contributed by atoms with E-state index in [1.807, 2.05) is 13.8 Å². The zero-order chi connectivity index (χ0) is 14.6. The van der Waals surface area contributed by atoms with Gasteiger partial charge in [-0.15, -0.1) is 5.10 Å². The maximum Gasteiger partial charge on any atom is 0.230 e. The summed E-state index contributed by atoms with van der Waals surface area (Å²) in [7, 11) is 0. The molecule has 8 heteroatoms. The zero-order valence-electron chi connectivity index (χ0n) is 11.9. The number of tetrazole rings is 1. The van der Waals surface area contributed by atoms with Crippen molar-refractivity contribution in [2.75, 3.05) is 12.4 Å². The van der Waals surface area contributed by atoms with Crippen LogP contribution >= 0.6 is 11.8 Å². The molecule has 1 heterocycles. The summed E-state index contributed by atoms with van der Waals surface area (Å²) < 4.78 is 1.80. The summed E-state index contributed by atoms with van der Waals surface area (Å²) in [6.07, 6.45) is 3.55. The third kappa shape index (κ3) is 3.92. The number of carbonyl (C=O) groups is 1. The molecule has 1 saturated carbocycles. The minimum Gasteiger partial charge on any atom is -0.396 e. The topological polar surface area (TPSA) is 92.9 Å². The van der Waals surface area contributed by atoms with E-state index in [4.69, 9.17) is 5.11 Å². The number of carbonyl (C=O) groups excluding carboxylic acids is 1. The van der Waals surface area contributed by atoms with E-state index in [0.717, 1.165) is 19.3 Å². The molecule has 0 radical (unpaired) electrons. The summed E-state index contributed by atoms with van der Waals surface area (Å²) in [5.74, 6) is 0.229. The van der Waals surface area contributed by atoms with Crippen LogP contribution in [0, 0.1) is 0 Å². The van der Waals surface area contributed by atoms with Crippen molar-refractivity contribution >= 4 is 17.7 Å². The van der Waals surface area contributed by atoms with Gasteiger partial charge in [0.15, 0.2) is 0 Å². The molecular formula is C12H21N5O2S. The highest BCUT2D eigenvalue weighted by Gasteiger charge is 2.28. The number of nitrogens with zero attached hydrogens (tertiary/aromatic N) is 4. The number of nitrogens with one attached hydrogen (secondary N) is 1. The van der Waals surface area contributed by atoms with Crippen molar-refractivity contribution in [3.63, 3.8) is 0 Å². The van der Waals surface area contributed by atoms with Crippen LogP contribution in [-0.4, -0.2) is 49.1 Å². The monoisotopic (exact) mass is 299 g/mol. The molecule has 0 bridgehead atoms. The number of hydrogen-bond donors (Lipinski definition) is 2. The first-order valence-electron chi connectivity index (χ1n) is 6.90. The Kier molecular flexibility index (Phi) is 4.98. The fourth-order valence-corrected chi connectivity index (χ4v) is 2.65. The lowest BCUT2D eigenvalue weighted by Gasteiger charge is -2.28. The van der Waals surface area contributed by atoms with Crippen LogP contribution in [0.25, 0.3) is 0 Å². The highest BCUT2D eigenvalue weighted by atomic mass is 32.2. The Morgan fingerprint density at radius 2 is 2.35 bits per heavy atom. The highest BCUT2D eigenvalue weighted by molar-refractivity contribution is 7.99. The van der Waals surface area contributed by atoms with E-state index >= 15 is 0 Å². The van der Waals surface area contributed by atoms with Gasteiger partial charge in [0.2, 0.25) is 11.1 Å². The first-order chi connectivity index (χ1) is 9.58. The van der Waals surface area contributed by atoms with E-state index < -0.39 is 0 Å². The maximum atomic E-state index is 12.0. The second-order valence-corrected chi connectivity index (χ2v) is 6.30. The van der Waals surface area contributed by atoms with Crippen LogP contribution in [0.1, 0.15) is 45.6 Å². The van der Waals surface area contributed by atoms with Gasteiger partial charge < -0.3 is 10.4 Å². The molecule has 1 aromatic rings. The number of amides is 1. The quantitative estimate of drug-likeness (QED) is 0.689. The lowest BCUT2D eigenvalue weighted by molar-refractivity contribution is -0.120. The van der Waals surface area contributed by atoms with E-state index in [2.05, 4.69) is 20.8 Å². The minimum absolute atomic E-state index is 0.0573. The molecule has 20 heavy (non-hydrogen) atoms.